The standard InChI is InChI=1S/C16H25NO2/c1-12(2)6-5-7-13(3)17-16(18)14-8-10-15(19-4)11-9-14/h8-13H,5-7H2,1-4H3,(H,17,18)/t13-/m1/s1. The number of amides is 1. The largest absolute Gasteiger partial charge is 0.497 e. The Balaban J connectivity index is 2.40. The Morgan fingerprint density at radius 2 is 1.79 bits per heavy atom. The number of rotatable bonds is 7. The first-order chi connectivity index (χ1) is 9.02. The molecule has 0 aliphatic rings. The maximum Gasteiger partial charge on any atom is 0.251 e. The summed E-state index contributed by atoms with van der Waals surface area (Å²) in [6.07, 6.45) is 3.39. The van der Waals surface area contributed by atoms with Gasteiger partial charge < -0.3 is 10.1 Å². The summed E-state index contributed by atoms with van der Waals surface area (Å²) in [5.74, 6) is 1.48. The Kier molecular flexibility index (Phi) is 6.40. The van der Waals surface area contributed by atoms with Gasteiger partial charge in [-0.25, -0.2) is 0 Å². The predicted molar refractivity (Wildman–Crippen MR) is 78.6 cm³/mol. The van der Waals surface area contributed by atoms with E-state index in [0.29, 0.717) is 5.56 Å². The van der Waals surface area contributed by atoms with Gasteiger partial charge in [0.15, 0.2) is 0 Å². The van der Waals surface area contributed by atoms with E-state index in [9.17, 15) is 4.79 Å². The van der Waals surface area contributed by atoms with E-state index in [1.165, 1.54) is 6.42 Å². The normalized spacial score (nSPS) is 12.3. The molecule has 1 rings (SSSR count). The van der Waals surface area contributed by atoms with Crippen LogP contribution in [0, 0.1) is 5.92 Å². The minimum absolute atomic E-state index is 0.0142. The SMILES string of the molecule is COc1ccc(C(=O)N[C@H](C)CCCC(C)C)cc1. The van der Waals surface area contributed by atoms with E-state index in [2.05, 4.69) is 26.1 Å². The Bertz CT molecular complexity index is 384. The van der Waals surface area contributed by atoms with Crippen LogP contribution in [-0.2, 0) is 0 Å². The highest BCUT2D eigenvalue weighted by atomic mass is 16.5. The molecule has 0 radical (unpaired) electrons. The van der Waals surface area contributed by atoms with E-state index in [0.717, 1.165) is 24.5 Å². The van der Waals surface area contributed by atoms with Crippen molar-refractivity contribution in [2.45, 2.75) is 46.1 Å². The molecule has 0 bridgehead atoms. The summed E-state index contributed by atoms with van der Waals surface area (Å²) in [5, 5.41) is 3.03. The molecule has 0 heterocycles. The molecule has 0 fully saturated rings. The quantitative estimate of drug-likeness (QED) is 0.815. The van der Waals surface area contributed by atoms with E-state index in [4.69, 9.17) is 4.74 Å². The Morgan fingerprint density at radius 3 is 2.32 bits per heavy atom. The van der Waals surface area contributed by atoms with Crippen molar-refractivity contribution in [1.82, 2.24) is 5.32 Å². The van der Waals surface area contributed by atoms with E-state index < -0.39 is 0 Å². The van der Waals surface area contributed by atoms with Gasteiger partial charge in [-0.3, -0.25) is 4.79 Å². The molecule has 19 heavy (non-hydrogen) atoms. The average Bonchev–Trinajstić information content (AvgIpc) is 2.38. The van der Waals surface area contributed by atoms with Gasteiger partial charge in [-0.2, -0.15) is 0 Å². The van der Waals surface area contributed by atoms with Gasteiger partial charge in [-0.05, 0) is 43.5 Å². The monoisotopic (exact) mass is 263 g/mol. The molecule has 3 nitrogen and oxygen atoms in total. The lowest BCUT2D eigenvalue weighted by atomic mass is 10.0. The van der Waals surface area contributed by atoms with Crippen molar-refractivity contribution < 1.29 is 9.53 Å². The van der Waals surface area contributed by atoms with E-state index in [1.807, 2.05) is 0 Å². The highest BCUT2D eigenvalue weighted by molar-refractivity contribution is 5.94. The molecule has 0 unspecified atom stereocenters. The number of hydrogen-bond donors (Lipinski definition) is 1. The molecule has 1 aromatic carbocycles. The zero-order valence-corrected chi connectivity index (χ0v) is 12.4. The van der Waals surface area contributed by atoms with Crippen molar-refractivity contribution in [3.05, 3.63) is 29.8 Å². The number of hydrogen-bond acceptors (Lipinski definition) is 2. The van der Waals surface area contributed by atoms with Gasteiger partial charge in [-0.15, -0.1) is 0 Å². The zero-order chi connectivity index (χ0) is 14.3. The molecule has 106 valence electrons. The van der Waals surface area contributed by atoms with Crippen LogP contribution >= 0.6 is 0 Å². The van der Waals surface area contributed by atoms with Gasteiger partial charge in [0, 0.05) is 11.6 Å². The van der Waals surface area contributed by atoms with Crippen molar-refractivity contribution in [3.8, 4) is 5.75 Å². The van der Waals surface area contributed by atoms with E-state index in [1.54, 1.807) is 31.4 Å². The lowest BCUT2D eigenvalue weighted by molar-refractivity contribution is 0.0937. The van der Waals surface area contributed by atoms with Crippen molar-refractivity contribution in [3.63, 3.8) is 0 Å². The van der Waals surface area contributed by atoms with Crippen LogP contribution in [0.5, 0.6) is 5.75 Å². The Morgan fingerprint density at radius 1 is 1.16 bits per heavy atom. The second-order valence-corrected chi connectivity index (χ2v) is 5.43. The van der Waals surface area contributed by atoms with Crippen LogP contribution in [-0.4, -0.2) is 19.1 Å². The third-order valence-corrected chi connectivity index (χ3v) is 3.15. The molecule has 0 spiro atoms. The van der Waals surface area contributed by atoms with Crippen LogP contribution in [0.3, 0.4) is 0 Å². The lowest BCUT2D eigenvalue weighted by Gasteiger charge is -2.14. The molecular formula is C16H25NO2. The van der Waals surface area contributed by atoms with Crippen LogP contribution in [0.25, 0.3) is 0 Å². The summed E-state index contributed by atoms with van der Waals surface area (Å²) in [5.41, 5.74) is 0.677. The minimum Gasteiger partial charge on any atom is -0.497 e. The Hall–Kier alpha value is -1.51. The third kappa shape index (κ3) is 5.77. The van der Waals surface area contributed by atoms with Crippen molar-refractivity contribution >= 4 is 5.91 Å². The van der Waals surface area contributed by atoms with Crippen LogP contribution in [0.2, 0.25) is 0 Å². The molecule has 0 saturated carbocycles. The molecule has 1 N–H and O–H groups in total. The molecule has 1 aromatic rings. The first-order valence-corrected chi connectivity index (χ1v) is 6.98. The second kappa shape index (κ2) is 7.82. The molecule has 1 amide bonds. The third-order valence-electron chi connectivity index (χ3n) is 3.15. The summed E-state index contributed by atoms with van der Waals surface area (Å²) >= 11 is 0. The molecule has 0 aromatic heterocycles. The van der Waals surface area contributed by atoms with E-state index in [-0.39, 0.29) is 11.9 Å². The fraction of sp³-hybridized carbons (Fsp3) is 0.562. The van der Waals surface area contributed by atoms with Gasteiger partial charge in [-0.1, -0.05) is 26.7 Å². The molecular weight excluding hydrogens is 238 g/mol. The summed E-state index contributed by atoms with van der Waals surface area (Å²) in [4.78, 5) is 12.0. The number of ether oxygens (including phenoxy) is 1. The summed E-state index contributed by atoms with van der Waals surface area (Å²) < 4.78 is 5.07. The number of benzene rings is 1. The van der Waals surface area contributed by atoms with Crippen LogP contribution in [0.15, 0.2) is 24.3 Å². The summed E-state index contributed by atoms with van der Waals surface area (Å²) in [6, 6.07) is 7.40. The molecule has 3 heteroatoms. The minimum atomic E-state index is -0.0142. The van der Waals surface area contributed by atoms with Crippen LogP contribution in [0.1, 0.15) is 50.4 Å². The zero-order valence-electron chi connectivity index (χ0n) is 12.4. The lowest BCUT2D eigenvalue weighted by Crippen LogP contribution is -2.32. The van der Waals surface area contributed by atoms with Gasteiger partial charge in [0.25, 0.3) is 5.91 Å². The molecule has 0 aliphatic carbocycles. The molecule has 0 aliphatic heterocycles. The average molecular weight is 263 g/mol. The van der Waals surface area contributed by atoms with Crippen molar-refractivity contribution in [1.29, 1.82) is 0 Å². The second-order valence-electron chi connectivity index (χ2n) is 5.43. The fourth-order valence-corrected chi connectivity index (χ4v) is 1.95. The number of methoxy groups -OCH3 is 1. The highest BCUT2D eigenvalue weighted by Crippen LogP contribution is 2.12. The molecule has 0 saturated heterocycles. The summed E-state index contributed by atoms with van der Waals surface area (Å²) in [7, 11) is 1.62. The highest BCUT2D eigenvalue weighted by Gasteiger charge is 2.09. The topological polar surface area (TPSA) is 38.3 Å². The summed E-state index contributed by atoms with van der Waals surface area (Å²) in [6.45, 7) is 6.50. The first-order valence-electron chi connectivity index (χ1n) is 6.98. The van der Waals surface area contributed by atoms with Gasteiger partial charge in [0.05, 0.1) is 7.11 Å². The van der Waals surface area contributed by atoms with Crippen molar-refractivity contribution in [2.75, 3.05) is 7.11 Å². The predicted octanol–water partition coefficient (Wildman–Crippen LogP) is 3.64. The van der Waals surface area contributed by atoms with Crippen molar-refractivity contribution in [2.24, 2.45) is 5.92 Å². The number of nitrogens with one attached hydrogen (secondary N) is 1. The maximum absolute atomic E-state index is 12.0. The van der Waals surface area contributed by atoms with E-state index >= 15 is 0 Å². The van der Waals surface area contributed by atoms with Crippen LogP contribution in [0.4, 0.5) is 0 Å². The Labute approximate surface area is 116 Å². The molecule has 1 atom stereocenters. The first kappa shape index (κ1) is 15.5. The van der Waals surface area contributed by atoms with Gasteiger partial charge >= 0.3 is 0 Å². The maximum atomic E-state index is 12.0. The fourth-order valence-electron chi connectivity index (χ4n) is 1.95. The number of carbonyl (C=O) groups is 1. The number of carbonyl (C=O) groups excluding carboxylic acids is 1. The van der Waals surface area contributed by atoms with Gasteiger partial charge in [0.2, 0.25) is 0 Å². The smallest absolute Gasteiger partial charge is 0.251 e. The van der Waals surface area contributed by atoms with Crippen LogP contribution < -0.4 is 10.1 Å². The van der Waals surface area contributed by atoms with Gasteiger partial charge in [0.1, 0.15) is 5.75 Å².